The molecule has 102 valence electrons. The minimum absolute atomic E-state index is 0.116. The molecule has 4 heteroatoms. The molecule has 0 radical (unpaired) electrons. The van der Waals surface area contributed by atoms with Gasteiger partial charge in [-0.3, -0.25) is 4.79 Å². The molecule has 19 heavy (non-hydrogen) atoms. The van der Waals surface area contributed by atoms with E-state index in [2.05, 4.69) is 17.5 Å². The monoisotopic (exact) mass is 276 g/mol. The molecule has 0 aromatic carbocycles. The van der Waals surface area contributed by atoms with Crippen LogP contribution in [-0.4, -0.2) is 11.6 Å². The largest absolute Gasteiger partial charge is 0.273 e. The van der Waals surface area contributed by atoms with E-state index in [4.69, 9.17) is 0 Å². The Kier molecular flexibility index (Phi) is 3.21. The molecule has 3 nitrogen and oxygen atoms in total. The van der Waals surface area contributed by atoms with Gasteiger partial charge in [-0.2, -0.15) is 5.10 Å². The highest BCUT2D eigenvalue weighted by Gasteiger charge is 2.64. The number of nitrogens with one attached hydrogen (secondary N) is 1. The molecule has 1 aromatic rings. The lowest BCUT2D eigenvalue weighted by Crippen LogP contribution is -2.23. The summed E-state index contributed by atoms with van der Waals surface area (Å²) in [6.07, 6.45) is 4.96. The van der Waals surface area contributed by atoms with Crippen LogP contribution in [0, 0.1) is 17.3 Å². The normalized spacial score (nSPS) is 33.7. The zero-order valence-electron chi connectivity index (χ0n) is 11.5. The van der Waals surface area contributed by atoms with Gasteiger partial charge in [-0.15, -0.1) is 11.3 Å². The SMILES string of the molecule is C/C(=N/NC(=O)[C@@H]1[C@@H]2CCCC[C@]12C)c1cccs1. The zero-order valence-corrected chi connectivity index (χ0v) is 12.3. The number of hydrogen-bond acceptors (Lipinski definition) is 3. The minimum Gasteiger partial charge on any atom is -0.273 e. The van der Waals surface area contributed by atoms with Gasteiger partial charge < -0.3 is 0 Å². The Morgan fingerprint density at radius 1 is 1.53 bits per heavy atom. The van der Waals surface area contributed by atoms with Gasteiger partial charge in [0.15, 0.2) is 0 Å². The summed E-state index contributed by atoms with van der Waals surface area (Å²) in [7, 11) is 0. The number of rotatable bonds is 3. The Bertz CT molecular complexity index is 508. The van der Waals surface area contributed by atoms with Gasteiger partial charge in [0.05, 0.1) is 5.71 Å². The van der Waals surface area contributed by atoms with Crippen molar-refractivity contribution in [2.24, 2.45) is 22.4 Å². The van der Waals surface area contributed by atoms with Crippen molar-refractivity contribution in [3.05, 3.63) is 22.4 Å². The predicted octanol–water partition coefficient (Wildman–Crippen LogP) is 3.41. The van der Waals surface area contributed by atoms with Gasteiger partial charge in [0.1, 0.15) is 0 Å². The van der Waals surface area contributed by atoms with E-state index in [1.54, 1.807) is 11.3 Å². The fourth-order valence-corrected chi connectivity index (χ4v) is 4.28. The van der Waals surface area contributed by atoms with Gasteiger partial charge in [0.2, 0.25) is 5.91 Å². The summed E-state index contributed by atoms with van der Waals surface area (Å²) < 4.78 is 0. The predicted molar refractivity (Wildman–Crippen MR) is 78.2 cm³/mol. The molecular formula is C15H20N2OS. The first-order valence-corrected chi connectivity index (χ1v) is 7.89. The molecule has 1 aromatic heterocycles. The summed E-state index contributed by atoms with van der Waals surface area (Å²) in [6, 6.07) is 4.02. The average Bonchev–Trinajstić information content (AvgIpc) is 2.77. The number of amides is 1. The highest BCUT2D eigenvalue weighted by molar-refractivity contribution is 7.12. The fourth-order valence-electron chi connectivity index (χ4n) is 3.60. The van der Waals surface area contributed by atoms with E-state index in [1.165, 1.54) is 25.7 Å². The second-order valence-electron chi connectivity index (χ2n) is 5.99. The third-order valence-corrected chi connectivity index (χ3v) is 5.80. The van der Waals surface area contributed by atoms with Gasteiger partial charge in [-0.1, -0.05) is 25.8 Å². The van der Waals surface area contributed by atoms with E-state index in [9.17, 15) is 4.79 Å². The molecular weight excluding hydrogens is 256 g/mol. The summed E-state index contributed by atoms with van der Waals surface area (Å²) in [5.41, 5.74) is 3.91. The van der Waals surface area contributed by atoms with E-state index >= 15 is 0 Å². The van der Waals surface area contributed by atoms with Crippen LogP contribution < -0.4 is 5.43 Å². The third kappa shape index (κ3) is 2.22. The quantitative estimate of drug-likeness (QED) is 0.667. The molecule has 0 spiro atoms. The first-order chi connectivity index (χ1) is 9.13. The molecule has 2 aliphatic carbocycles. The Hall–Kier alpha value is -1.16. The maximum Gasteiger partial charge on any atom is 0.244 e. The van der Waals surface area contributed by atoms with E-state index in [0.717, 1.165) is 10.6 Å². The number of hydrogen-bond donors (Lipinski definition) is 1. The molecule has 0 saturated heterocycles. The lowest BCUT2D eigenvalue weighted by atomic mass is 9.90. The number of carbonyl (C=O) groups is 1. The first kappa shape index (κ1) is 12.9. The van der Waals surface area contributed by atoms with Crippen LogP contribution in [-0.2, 0) is 4.79 Å². The van der Waals surface area contributed by atoms with Crippen LogP contribution in [0.2, 0.25) is 0 Å². The summed E-state index contributed by atoms with van der Waals surface area (Å²) in [5.74, 6) is 0.902. The van der Waals surface area contributed by atoms with Crippen molar-refractivity contribution >= 4 is 23.0 Å². The van der Waals surface area contributed by atoms with Crippen molar-refractivity contribution in [1.82, 2.24) is 5.43 Å². The number of hydrazone groups is 1. The van der Waals surface area contributed by atoms with E-state index in [-0.39, 0.29) is 17.2 Å². The van der Waals surface area contributed by atoms with Gasteiger partial charge in [-0.05, 0) is 42.5 Å². The molecule has 0 aliphatic heterocycles. The molecule has 0 unspecified atom stereocenters. The van der Waals surface area contributed by atoms with Crippen LogP contribution in [0.15, 0.2) is 22.6 Å². The number of carbonyl (C=O) groups excluding carboxylic acids is 1. The van der Waals surface area contributed by atoms with Crippen LogP contribution in [0.1, 0.15) is 44.4 Å². The van der Waals surface area contributed by atoms with Gasteiger partial charge in [-0.25, -0.2) is 5.43 Å². The van der Waals surface area contributed by atoms with Crippen molar-refractivity contribution in [3.8, 4) is 0 Å². The van der Waals surface area contributed by atoms with Crippen molar-refractivity contribution in [3.63, 3.8) is 0 Å². The smallest absolute Gasteiger partial charge is 0.244 e. The topological polar surface area (TPSA) is 41.5 Å². The minimum atomic E-state index is 0.116. The van der Waals surface area contributed by atoms with Crippen molar-refractivity contribution in [2.45, 2.75) is 39.5 Å². The molecule has 2 aliphatic rings. The van der Waals surface area contributed by atoms with Crippen LogP contribution in [0.5, 0.6) is 0 Å². The average molecular weight is 276 g/mol. The second kappa shape index (κ2) is 4.75. The maximum atomic E-state index is 12.2. The highest BCUT2D eigenvalue weighted by atomic mass is 32.1. The van der Waals surface area contributed by atoms with Gasteiger partial charge >= 0.3 is 0 Å². The van der Waals surface area contributed by atoms with Gasteiger partial charge in [0.25, 0.3) is 0 Å². The molecule has 2 saturated carbocycles. The number of nitrogens with zero attached hydrogens (tertiary/aromatic N) is 1. The number of fused-ring (bicyclic) bond motifs is 1. The highest BCUT2D eigenvalue weighted by Crippen LogP contribution is 2.66. The van der Waals surface area contributed by atoms with Crippen molar-refractivity contribution in [1.29, 1.82) is 0 Å². The number of thiophene rings is 1. The standard InChI is InChI=1S/C15H20N2OS/c1-10(12-7-5-9-19-12)16-17-14(18)13-11-6-3-4-8-15(11,13)2/h5,7,9,11,13H,3-4,6,8H2,1-2H3,(H,17,18)/b16-10-/t11-,13-,15-/m0/s1. The van der Waals surface area contributed by atoms with Crippen LogP contribution >= 0.6 is 11.3 Å². The Morgan fingerprint density at radius 2 is 2.37 bits per heavy atom. The summed E-state index contributed by atoms with van der Waals surface area (Å²) in [6.45, 7) is 4.20. The summed E-state index contributed by atoms with van der Waals surface area (Å²) in [4.78, 5) is 13.3. The lowest BCUT2D eigenvalue weighted by molar-refractivity contribution is -0.123. The molecule has 1 heterocycles. The molecule has 2 fully saturated rings. The third-order valence-electron chi connectivity index (χ3n) is 4.83. The second-order valence-corrected chi connectivity index (χ2v) is 6.93. The molecule has 1 amide bonds. The Balaban J connectivity index is 1.62. The van der Waals surface area contributed by atoms with E-state index in [0.29, 0.717) is 5.92 Å². The lowest BCUT2D eigenvalue weighted by Gasteiger charge is -2.15. The van der Waals surface area contributed by atoms with Crippen LogP contribution in [0.3, 0.4) is 0 Å². The first-order valence-electron chi connectivity index (χ1n) is 7.01. The maximum absolute atomic E-state index is 12.2. The molecule has 1 N–H and O–H groups in total. The zero-order chi connectivity index (χ0) is 13.5. The fraction of sp³-hybridized carbons (Fsp3) is 0.600. The van der Waals surface area contributed by atoms with E-state index < -0.39 is 0 Å². The van der Waals surface area contributed by atoms with Crippen molar-refractivity contribution < 1.29 is 4.79 Å². The molecule has 0 bridgehead atoms. The molecule has 3 atom stereocenters. The van der Waals surface area contributed by atoms with E-state index in [1.807, 2.05) is 24.4 Å². The van der Waals surface area contributed by atoms with Gasteiger partial charge in [0, 0.05) is 10.8 Å². The Labute approximate surface area is 118 Å². The van der Waals surface area contributed by atoms with Crippen molar-refractivity contribution in [2.75, 3.05) is 0 Å². The summed E-state index contributed by atoms with van der Waals surface area (Å²) in [5, 5.41) is 6.26. The van der Waals surface area contributed by atoms with Crippen LogP contribution in [0.4, 0.5) is 0 Å². The van der Waals surface area contributed by atoms with Crippen LogP contribution in [0.25, 0.3) is 0 Å². The molecule has 3 rings (SSSR count). The Morgan fingerprint density at radius 3 is 3.00 bits per heavy atom. The summed E-state index contributed by atoms with van der Waals surface area (Å²) >= 11 is 1.64.